The second-order valence-corrected chi connectivity index (χ2v) is 4.78. The van der Waals surface area contributed by atoms with Crippen LogP contribution in [0.1, 0.15) is 26.3 Å². The van der Waals surface area contributed by atoms with E-state index in [0.717, 1.165) is 0 Å². The van der Waals surface area contributed by atoms with Gasteiger partial charge in [-0.15, -0.1) is 0 Å². The van der Waals surface area contributed by atoms with E-state index in [-0.39, 0.29) is 10.4 Å². The quantitative estimate of drug-likeness (QED) is 0.568. The van der Waals surface area contributed by atoms with E-state index < -0.39 is 5.82 Å². The van der Waals surface area contributed by atoms with Crippen LogP contribution in [0, 0.1) is 5.82 Å². The Hall–Kier alpha value is -0.270. The molecule has 0 aliphatic heterocycles. The third kappa shape index (κ3) is 2.15. The zero-order valence-corrected chi connectivity index (χ0v) is 9.30. The number of hydrogen-bond donors (Lipinski definition) is 0. The van der Waals surface area contributed by atoms with Crippen molar-refractivity contribution in [2.75, 3.05) is 0 Å². The minimum atomic E-state index is -0.415. The summed E-state index contributed by atoms with van der Waals surface area (Å²) in [4.78, 5) is 0. The second-order valence-electron chi connectivity index (χ2n) is 3.97. The minimum absolute atomic E-state index is 0.120. The van der Waals surface area contributed by atoms with Crippen LogP contribution >= 0.6 is 23.2 Å². The zero-order chi connectivity index (χ0) is 10.2. The summed E-state index contributed by atoms with van der Waals surface area (Å²) >= 11 is 11.5. The maximum absolute atomic E-state index is 13.5. The van der Waals surface area contributed by atoms with Crippen LogP contribution in [0.2, 0.25) is 10.0 Å². The molecule has 0 fully saturated rings. The number of benzene rings is 1. The average Bonchev–Trinajstić information content (AvgIpc) is 1.95. The van der Waals surface area contributed by atoms with Crippen molar-refractivity contribution < 1.29 is 4.39 Å². The van der Waals surface area contributed by atoms with Crippen molar-refractivity contribution in [2.45, 2.75) is 26.2 Å². The SMILES string of the molecule is CC(C)(C)c1c(Cl)ccc(Cl)c1F. The van der Waals surface area contributed by atoms with Crippen LogP contribution in [0.15, 0.2) is 12.1 Å². The molecule has 0 N–H and O–H groups in total. The molecule has 0 bridgehead atoms. The van der Waals surface area contributed by atoms with Gasteiger partial charge in [-0.2, -0.15) is 0 Å². The molecular weight excluding hydrogens is 210 g/mol. The Morgan fingerprint density at radius 1 is 1.08 bits per heavy atom. The van der Waals surface area contributed by atoms with Gasteiger partial charge >= 0.3 is 0 Å². The molecule has 0 aliphatic carbocycles. The van der Waals surface area contributed by atoms with Crippen molar-refractivity contribution in [1.82, 2.24) is 0 Å². The Bertz CT molecular complexity index is 326. The summed E-state index contributed by atoms with van der Waals surface area (Å²) in [5.74, 6) is -0.415. The highest BCUT2D eigenvalue weighted by atomic mass is 35.5. The first-order chi connectivity index (χ1) is 5.84. The topological polar surface area (TPSA) is 0 Å². The summed E-state index contributed by atoms with van der Waals surface area (Å²) in [6, 6.07) is 3.09. The summed E-state index contributed by atoms with van der Waals surface area (Å²) in [5.41, 5.74) is 0.146. The molecule has 72 valence electrons. The van der Waals surface area contributed by atoms with Crippen molar-refractivity contribution in [3.8, 4) is 0 Å². The van der Waals surface area contributed by atoms with Gasteiger partial charge in [-0.1, -0.05) is 44.0 Å². The van der Waals surface area contributed by atoms with E-state index in [1.165, 1.54) is 6.07 Å². The van der Waals surface area contributed by atoms with E-state index in [4.69, 9.17) is 23.2 Å². The van der Waals surface area contributed by atoms with E-state index >= 15 is 0 Å². The molecule has 0 spiro atoms. The van der Waals surface area contributed by atoms with E-state index in [1.807, 2.05) is 20.8 Å². The van der Waals surface area contributed by atoms with Crippen LogP contribution in [0.25, 0.3) is 0 Å². The maximum atomic E-state index is 13.5. The highest BCUT2D eigenvalue weighted by Crippen LogP contribution is 2.34. The highest BCUT2D eigenvalue weighted by Gasteiger charge is 2.23. The van der Waals surface area contributed by atoms with Crippen LogP contribution in [-0.4, -0.2) is 0 Å². The molecule has 13 heavy (non-hydrogen) atoms. The van der Waals surface area contributed by atoms with Crippen LogP contribution in [0.5, 0.6) is 0 Å². The third-order valence-corrected chi connectivity index (χ3v) is 2.40. The van der Waals surface area contributed by atoms with Gasteiger partial charge in [0.1, 0.15) is 5.82 Å². The Kier molecular flexibility index (Phi) is 2.88. The van der Waals surface area contributed by atoms with E-state index in [0.29, 0.717) is 10.6 Å². The Labute approximate surface area is 87.7 Å². The van der Waals surface area contributed by atoms with Gasteiger partial charge in [-0.05, 0) is 17.5 Å². The Morgan fingerprint density at radius 3 is 1.92 bits per heavy atom. The first-order valence-electron chi connectivity index (χ1n) is 3.98. The lowest BCUT2D eigenvalue weighted by Crippen LogP contribution is -2.14. The monoisotopic (exact) mass is 220 g/mol. The third-order valence-electron chi connectivity index (χ3n) is 1.79. The molecule has 0 saturated heterocycles. The molecule has 0 atom stereocenters. The Morgan fingerprint density at radius 2 is 1.54 bits per heavy atom. The molecule has 0 radical (unpaired) electrons. The van der Waals surface area contributed by atoms with Gasteiger partial charge in [-0.25, -0.2) is 4.39 Å². The van der Waals surface area contributed by atoms with Crippen LogP contribution < -0.4 is 0 Å². The fourth-order valence-electron chi connectivity index (χ4n) is 1.21. The lowest BCUT2D eigenvalue weighted by atomic mass is 9.86. The smallest absolute Gasteiger partial charge is 0.146 e. The lowest BCUT2D eigenvalue weighted by molar-refractivity contribution is 0.523. The number of halogens is 3. The molecule has 1 rings (SSSR count). The molecule has 0 aromatic heterocycles. The Balaban J connectivity index is 3.43. The van der Waals surface area contributed by atoms with Crippen molar-refractivity contribution >= 4 is 23.2 Å². The van der Waals surface area contributed by atoms with E-state index in [2.05, 4.69) is 0 Å². The summed E-state index contributed by atoms with van der Waals surface area (Å²) in [6.07, 6.45) is 0. The van der Waals surface area contributed by atoms with Gasteiger partial charge in [-0.3, -0.25) is 0 Å². The van der Waals surface area contributed by atoms with Gasteiger partial charge < -0.3 is 0 Å². The molecule has 3 heteroatoms. The van der Waals surface area contributed by atoms with Crippen LogP contribution in [0.3, 0.4) is 0 Å². The molecule has 1 aromatic carbocycles. The largest absolute Gasteiger partial charge is 0.205 e. The molecule has 0 heterocycles. The molecule has 0 aliphatic rings. The van der Waals surface area contributed by atoms with Crippen molar-refractivity contribution in [1.29, 1.82) is 0 Å². The molecule has 1 aromatic rings. The first-order valence-corrected chi connectivity index (χ1v) is 4.73. The lowest BCUT2D eigenvalue weighted by Gasteiger charge is -2.21. The van der Waals surface area contributed by atoms with E-state index in [1.54, 1.807) is 6.07 Å². The minimum Gasteiger partial charge on any atom is -0.205 e. The van der Waals surface area contributed by atoms with Gasteiger partial charge in [0.15, 0.2) is 0 Å². The number of hydrogen-bond acceptors (Lipinski definition) is 0. The van der Waals surface area contributed by atoms with Gasteiger partial charge in [0.05, 0.1) is 5.02 Å². The number of rotatable bonds is 0. The molecule has 0 nitrogen and oxygen atoms in total. The standard InChI is InChI=1S/C10H11Cl2F/c1-10(2,3)8-6(11)4-5-7(12)9(8)13/h4-5H,1-3H3. The fourth-order valence-corrected chi connectivity index (χ4v) is 1.80. The molecule has 0 saturated carbocycles. The first kappa shape index (κ1) is 10.8. The zero-order valence-electron chi connectivity index (χ0n) is 7.79. The highest BCUT2D eigenvalue weighted by molar-refractivity contribution is 6.33. The van der Waals surface area contributed by atoms with Crippen molar-refractivity contribution in [3.05, 3.63) is 33.6 Å². The van der Waals surface area contributed by atoms with Gasteiger partial charge in [0, 0.05) is 10.6 Å². The van der Waals surface area contributed by atoms with Gasteiger partial charge in [0.25, 0.3) is 0 Å². The van der Waals surface area contributed by atoms with Gasteiger partial charge in [0.2, 0.25) is 0 Å². The predicted molar refractivity (Wildman–Crippen MR) is 55.1 cm³/mol. The summed E-state index contributed by atoms with van der Waals surface area (Å²) in [6.45, 7) is 5.69. The fraction of sp³-hybridized carbons (Fsp3) is 0.400. The van der Waals surface area contributed by atoms with E-state index in [9.17, 15) is 4.39 Å². The summed E-state index contributed by atoms with van der Waals surface area (Å²) < 4.78 is 13.5. The average molecular weight is 221 g/mol. The predicted octanol–water partition coefficient (Wildman–Crippen LogP) is 4.43. The maximum Gasteiger partial charge on any atom is 0.146 e. The van der Waals surface area contributed by atoms with Crippen molar-refractivity contribution in [2.24, 2.45) is 0 Å². The normalized spacial score (nSPS) is 11.8. The molecule has 0 unspecified atom stereocenters. The summed E-state index contributed by atoms with van der Waals surface area (Å²) in [5, 5.41) is 0.545. The second kappa shape index (κ2) is 3.47. The van der Waals surface area contributed by atoms with Crippen molar-refractivity contribution in [3.63, 3.8) is 0 Å². The van der Waals surface area contributed by atoms with Crippen LogP contribution in [-0.2, 0) is 5.41 Å². The molecular formula is C10H11Cl2F. The molecule has 0 amide bonds. The summed E-state index contributed by atoms with van der Waals surface area (Å²) in [7, 11) is 0. The van der Waals surface area contributed by atoms with Crippen LogP contribution in [0.4, 0.5) is 4.39 Å².